The van der Waals surface area contributed by atoms with E-state index in [1.165, 1.54) is 19.3 Å². The summed E-state index contributed by atoms with van der Waals surface area (Å²) in [6.07, 6.45) is 8.51. The van der Waals surface area contributed by atoms with Crippen molar-refractivity contribution in [2.75, 3.05) is 6.61 Å². The molecule has 0 fully saturated rings. The molecule has 0 amide bonds. The van der Waals surface area contributed by atoms with E-state index in [0.29, 0.717) is 0 Å². The second-order valence-corrected chi connectivity index (χ2v) is 2.13. The van der Waals surface area contributed by atoms with E-state index in [4.69, 9.17) is 0 Å². The Bertz CT molecular complexity index is 67.0. The molecule has 0 bridgehead atoms. The molecule has 0 aromatic rings. The quantitative estimate of drug-likeness (QED) is 0.399. The van der Waals surface area contributed by atoms with Gasteiger partial charge in [-0.05, 0) is 12.8 Å². The van der Waals surface area contributed by atoms with Crippen LogP contribution in [0, 0.1) is 0 Å². The van der Waals surface area contributed by atoms with Gasteiger partial charge in [0.25, 0.3) is 0 Å². The number of hydrogen-bond donors (Lipinski definition) is 0. The Balaban J connectivity index is 2.82. The zero-order valence-electron chi connectivity index (χ0n) is 6.10. The van der Waals surface area contributed by atoms with Gasteiger partial charge in [0.2, 0.25) is 0 Å². The molecule has 0 aliphatic rings. The third-order valence-corrected chi connectivity index (χ3v) is 1.24. The fourth-order valence-electron chi connectivity index (χ4n) is 0.698. The molecule has 0 aromatic heterocycles. The first kappa shape index (κ1) is 8.70. The van der Waals surface area contributed by atoms with Crippen molar-refractivity contribution < 1.29 is 5.11 Å². The van der Waals surface area contributed by atoms with Crippen LogP contribution in [-0.4, -0.2) is 6.61 Å². The molecule has 0 saturated heterocycles. The molecule has 0 saturated carbocycles. The van der Waals surface area contributed by atoms with E-state index >= 15 is 0 Å². The van der Waals surface area contributed by atoms with Gasteiger partial charge in [0.05, 0.1) is 0 Å². The van der Waals surface area contributed by atoms with Crippen LogP contribution in [0.15, 0.2) is 12.2 Å². The van der Waals surface area contributed by atoms with Crippen LogP contribution in [0.25, 0.3) is 0 Å². The number of hydrogen-bond acceptors (Lipinski definition) is 0. The summed E-state index contributed by atoms with van der Waals surface area (Å²) in [4.78, 5) is 0. The normalized spacial score (nSPS) is 10.9. The minimum atomic E-state index is -0.0634. The number of unbranched alkanes of at least 4 members (excludes halogenated alkanes) is 3. The Morgan fingerprint density at radius 2 is 2.00 bits per heavy atom. The van der Waals surface area contributed by atoms with Gasteiger partial charge in [-0.25, -0.2) is 5.11 Å². The maximum atomic E-state index is 9.88. The Morgan fingerprint density at radius 3 is 2.56 bits per heavy atom. The van der Waals surface area contributed by atoms with Gasteiger partial charge in [-0.2, -0.15) is 0 Å². The van der Waals surface area contributed by atoms with Crippen molar-refractivity contribution >= 4 is 0 Å². The van der Waals surface area contributed by atoms with E-state index in [9.17, 15) is 5.11 Å². The van der Waals surface area contributed by atoms with Crippen molar-refractivity contribution in [1.29, 1.82) is 0 Å². The summed E-state index contributed by atoms with van der Waals surface area (Å²) in [7, 11) is 0. The van der Waals surface area contributed by atoms with E-state index in [-0.39, 0.29) is 6.61 Å². The molecule has 0 aliphatic heterocycles. The second kappa shape index (κ2) is 7.70. The number of allylic oxidation sites excluding steroid dienone is 1. The first-order chi connectivity index (χ1) is 4.41. The molecular formula is C8H15O. The van der Waals surface area contributed by atoms with Crippen LogP contribution in [0.2, 0.25) is 0 Å². The highest BCUT2D eigenvalue weighted by molar-refractivity contribution is 4.79. The first-order valence-electron chi connectivity index (χ1n) is 3.65. The lowest BCUT2D eigenvalue weighted by atomic mass is 10.2. The van der Waals surface area contributed by atoms with Crippen LogP contribution in [-0.2, 0) is 5.11 Å². The molecule has 0 heterocycles. The van der Waals surface area contributed by atoms with Crippen molar-refractivity contribution in [3.05, 3.63) is 12.2 Å². The molecule has 0 N–H and O–H groups in total. The molecule has 1 heteroatoms. The third kappa shape index (κ3) is 7.70. The standard InChI is InChI=1S/C8H15O/c1-2-3-4-5-6-7-8-9/h6-7H,2-5,8H2,1H3/b7-6+. The Labute approximate surface area is 57.4 Å². The fraction of sp³-hybridized carbons (Fsp3) is 0.750. The third-order valence-electron chi connectivity index (χ3n) is 1.24. The molecular weight excluding hydrogens is 112 g/mol. The minimum absolute atomic E-state index is 0.0634. The monoisotopic (exact) mass is 127 g/mol. The zero-order valence-corrected chi connectivity index (χ0v) is 6.10. The van der Waals surface area contributed by atoms with Crippen LogP contribution in [0.3, 0.4) is 0 Å². The molecule has 9 heavy (non-hydrogen) atoms. The predicted octanol–water partition coefficient (Wildman–Crippen LogP) is 2.55. The maximum absolute atomic E-state index is 9.88. The molecule has 0 aromatic carbocycles. The van der Waals surface area contributed by atoms with Gasteiger partial charge >= 0.3 is 0 Å². The van der Waals surface area contributed by atoms with Crippen molar-refractivity contribution in [2.45, 2.75) is 32.6 Å². The second-order valence-electron chi connectivity index (χ2n) is 2.13. The molecule has 53 valence electrons. The van der Waals surface area contributed by atoms with Crippen molar-refractivity contribution in [1.82, 2.24) is 0 Å². The highest BCUT2D eigenvalue weighted by Crippen LogP contribution is 1.98. The topological polar surface area (TPSA) is 19.9 Å². The summed E-state index contributed by atoms with van der Waals surface area (Å²) in [6.45, 7) is 2.11. The lowest BCUT2D eigenvalue weighted by Gasteiger charge is -1.89. The smallest absolute Gasteiger partial charge is 0.100 e. The summed E-state index contributed by atoms with van der Waals surface area (Å²) < 4.78 is 0. The van der Waals surface area contributed by atoms with Gasteiger partial charge < -0.3 is 0 Å². The predicted molar refractivity (Wildman–Crippen MR) is 38.8 cm³/mol. The molecule has 1 nitrogen and oxygen atoms in total. The summed E-state index contributed by atoms with van der Waals surface area (Å²) in [5.41, 5.74) is 0. The van der Waals surface area contributed by atoms with Gasteiger partial charge in [-0.1, -0.05) is 31.9 Å². The Hall–Kier alpha value is -0.300. The Kier molecular flexibility index (Phi) is 7.44. The lowest BCUT2D eigenvalue weighted by molar-refractivity contribution is 0.232. The van der Waals surface area contributed by atoms with Crippen LogP contribution in [0.1, 0.15) is 32.6 Å². The SMILES string of the molecule is CCCCC/C=C/C[O]. The maximum Gasteiger partial charge on any atom is 0.100 e. The van der Waals surface area contributed by atoms with E-state index in [1.807, 2.05) is 6.08 Å². The van der Waals surface area contributed by atoms with Crippen LogP contribution in [0.5, 0.6) is 0 Å². The first-order valence-corrected chi connectivity index (χ1v) is 3.65. The van der Waals surface area contributed by atoms with E-state index < -0.39 is 0 Å². The van der Waals surface area contributed by atoms with Crippen molar-refractivity contribution in [2.24, 2.45) is 0 Å². The molecule has 0 unspecified atom stereocenters. The van der Waals surface area contributed by atoms with E-state index in [0.717, 1.165) is 6.42 Å². The largest absolute Gasteiger partial charge is 0.232 e. The van der Waals surface area contributed by atoms with Crippen LogP contribution >= 0.6 is 0 Å². The molecule has 0 aliphatic carbocycles. The zero-order chi connectivity index (χ0) is 6.95. The average Bonchev–Trinajstić information content (AvgIpc) is 1.89. The van der Waals surface area contributed by atoms with Crippen LogP contribution in [0.4, 0.5) is 0 Å². The Morgan fingerprint density at radius 1 is 1.22 bits per heavy atom. The van der Waals surface area contributed by atoms with Crippen molar-refractivity contribution in [3.8, 4) is 0 Å². The fourth-order valence-corrected chi connectivity index (χ4v) is 0.698. The van der Waals surface area contributed by atoms with Gasteiger partial charge in [0, 0.05) is 0 Å². The highest BCUT2D eigenvalue weighted by atomic mass is 16.2. The van der Waals surface area contributed by atoms with E-state index in [2.05, 4.69) is 6.92 Å². The molecule has 1 radical (unpaired) electrons. The lowest BCUT2D eigenvalue weighted by Crippen LogP contribution is -1.72. The molecule has 0 rings (SSSR count). The summed E-state index contributed by atoms with van der Waals surface area (Å²) in [6, 6.07) is 0. The average molecular weight is 127 g/mol. The number of rotatable bonds is 5. The van der Waals surface area contributed by atoms with Gasteiger partial charge in [-0.15, -0.1) is 0 Å². The molecule has 0 atom stereocenters. The summed E-state index contributed by atoms with van der Waals surface area (Å²) in [5.74, 6) is 0. The summed E-state index contributed by atoms with van der Waals surface area (Å²) >= 11 is 0. The van der Waals surface area contributed by atoms with Gasteiger partial charge in [0.15, 0.2) is 0 Å². The van der Waals surface area contributed by atoms with E-state index in [1.54, 1.807) is 6.08 Å². The van der Waals surface area contributed by atoms with Gasteiger partial charge in [0.1, 0.15) is 6.61 Å². The summed E-state index contributed by atoms with van der Waals surface area (Å²) in [5, 5.41) is 9.88. The van der Waals surface area contributed by atoms with Crippen molar-refractivity contribution in [3.63, 3.8) is 0 Å². The van der Waals surface area contributed by atoms with Crippen LogP contribution < -0.4 is 0 Å². The van der Waals surface area contributed by atoms with Gasteiger partial charge in [-0.3, -0.25) is 0 Å². The highest BCUT2D eigenvalue weighted by Gasteiger charge is 1.79. The minimum Gasteiger partial charge on any atom is -0.232 e. The molecule has 0 spiro atoms.